The van der Waals surface area contributed by atoms with Crippen molar-refractivity contribution in [1.82, 2.24) is 0 Å². The standard InChI is InChI=1S/C17H19ClFN/c1-12(2)15(13-6-4-3-5-7-13)11-20-14-8-9-16(18)17(19)10-14/h3-10,12,15,20H,11H2,1-2H3. The number of hydrogen-bond acceptors (Lipinski definition) is 1. The van der Waals surface area contributed by atoms with Gasteiger partial charge in [-0.3, -0.25) is 0 Å². The summed E-state index contributed by atoms with van der Waals surface area (Å²) < 4.78 is 13.4. The lowest BCUT2D eigenvalue weighted by molar-refractivity contribution is 0.517. The van der Waals surface area contributed by atoms with E-state index in [4.69, 9.17) is 11.6 Å². The van der Waals surface area contributed by atoms with E-state index in [0.29, 0.717) is 11.8 Å². The molecular weight excluding hydrogens is 273 g/mol. The Labute approximate surface area is 124 Å². The zero-order valence-electron chi connectivity index (χ0n) is 11.7. The van der Waals surface area contributed by atoms with Gasteiger partial charge in [-0.2, -0.15) is 0 Å². The second-order valence-corrected chi connectivity index (χ2v) is 5.68. The number of rotatable bonds is 5. The van der Waals surface area contributed by atoms with Crippen molar-refractivity contribution in [2.45, 2.75) is 19.8 Å². The van der Waals surface area contributed by atoms with Gasteiger partial charge in [0, 0.05) is 18.2 Å². The lowest BCUT2D eigenvalue weighted by Crippen LogP contribution is -2.17. The highest BCUT2D eigenvalue weighted by Gasteiger charge is 2.15. The Morgan fingerprint density at radius 2 is 1.80 bits per heavy atom. The molecule has 0 saturated carbocycles. The minimum absolute atomic E-state index is 0.152. The quantitative estimate of drug-likeness (QED) is 0.785. The molecule has 0 radical (unpaired) electrons. The molecule has 106 valence electrons. The first-order valence-corrected chi connectivity index (χ1v) is 7.19. The fraction of sp³-hybridized carbons (Fsp3) is 0.294. The van der Waals surface area contributed by atoms with Crippen LogP contribution in [0.2, 0.25) is 5.02 Å². The summed E-state index contributed by atoms with van der Waals surface area (Å²) in [6.07, 6.45) is 0. The molecule has 0 aliphatic heterocycles. The summed E-state index contributed by atoms with van der Waals surface area (Å²) in [5, 5.41) is 3.45. The normalized spacial score (nSPS) is 12.4. The van der Waals surface area contributed by atoms with E-state index in [-0.39, 0.29) is 5.02 Å². The third-order valence-electron chi connectivity index (χ3n) is 3.48. The van der Waals surface area contributed by atoms with Gasteiger partial charge in [0.25, 0.3) is 0 Å². The molecular formula is C17H19ClFN. The molecule has 0 saturated heterocycles. The Morgan fingerprint density at radius 1 is 1.10 bits per heavy atom. The van der Waals surface area contributed by atoms with Gasteiger partial charge in [0.2, 0.25) is 0 Å². The second-order valence-electron chi connectivity index (χ2n) is 5.27. The maximum Gasteiger partial charge on any atom is 0.143 e. The lowest BCUT2D eigenvalue weighted by atomic mass is 9.88. The van der Waals surface area contributed by atoms with Gasteiger partial charge in [-0.05, 0) is 29.7 Å². The number of hydrogen-bond donors (Lipinski definition) is 1. The Balaban J connectivity index is 2.08. The fourth-order valence-electron chi connectivity index (χ4n) is 2.27. The number of halogens is 2. The molecule has 0 spiro atoms. The van der Waals surface area contributed by atoms with Gasteiger partial charge in [-0.15, -0.1) is 0 Å². The van der Waals surface area contributed by atoms with Gasteiger partial charge in [-0.1, -0.05) is 55.8 Å². The molecule has 2 aromatic rings. The molecule has 0 bridgehead atoms. The van der Waals surface area contributed by atoms with Crippen molar-refractivity contribution < 1.29 is 4.39 Å². The highest BCUT2D eigenvalue weighted by Crippen LogP contribution is 2.25. The zero-order valence-corrected chi connectivity index (χ0v) is 12.5. The Morgan fingerprint density at radius 3 is 2.40 bits per heavy atom. The van der Waals surface area contributed by atoms with E-state index >= 15 is 0 Å². The third kappa shape index (κ3) is 3.73. The van der Waals surface area contributed by atoms with Crippen molar-refractivity contribution in [2.75, 3.05) is 11.9 Å². The lowest BCUT2D eigenvalue weighted by Gasteiger charge is -2.22. The summed E-state index contributed by atoms with van der Waals surface area (Å²) in [6.45, 7) is 5.16. The van der Waals surface area contributed by atoms with Crippen LogP contribution in [0.25, 0.3) is 0 Å². The zero-order chi connectivity index (χ0) is 14.5. The monoisotopic (exact) mass is 291 g/mol. The molecule has 0 aromatic heterocycles. The van der Waals surface area contributed by atoms with Gasteiger partial charge in [0.05, 0.1) is 5.02 Å². The molecule has 0 fully saturated rings. The van der Waals surface area contributed by atoms with E-state index in [2.05, 4.69) is 31.3 Å². The minimum atomic E-state index is -0.391. The molecule has 1 N–H and O–H groups in total. The van der Waals surface area contributed by atoms with Crippen molar-refractivity contribution in [3.05, 3.63) is 64.9 Å². The maximum absolute atomic E-state index is 13.4. The molecule has 1 atom stereocenters. The van der Waals surface area contributed by atoms with Crippen molar-refractivity contribution in [3.8, 4) is 0 Å². The molecule has 2 rings (SSSR count). The molecule has 3 heteroatoms. The van der Waals surface area contributed by atoms with E-state index < -0.39 is 5.82 Å². The van der Waals surface area contributed by atoms with Gasteiger partial charge in [0.1, 0.15) is 5.82 Å². The summed E-state index contributed by atoms with van der Waals surface area (Å²) >= 11 is 5.69. The molecule has 0 heterocycles. The van der Waals surface area contributed by atoms with E-state index in [1.165, 1.54) is 11.6 Å². The Bertz CT molecular complexity index is 554. The molecule has 1 unspecified atom stereocenters. The smallest absolute Gasteiger partial charge is 0.143 e. The summed E-state index contributed by atoms with van der Waals surface area (Å²) in [7, 11) is 0. The third-order valence-corrected chi connectivity index (χ3v) is 3.78. The molecule has 1 nitrogen and oxygen atoms in total. The van der Waals surface area contributed by atoms with E-state index in [1.807, 2.05) is 18.2 Å². The van der Waals surface area contributed by atoms with Gasteiger partial charge in [0.15, 0.2) is 0 Å². The van der Waals surface area contributed by atoms with Gasteiger partial charge < -0.3 is 5.32 Å². The van der Waals surface area contributed by atoms with E-state index in [9.17, 15) is 4.39 Å². The Kier molecular flexibility index (Phi) is 5.02. The van der Waals surface area contributed by atoms with Gasteiger partial charge >= 0.3 is 0 Å². The van der Waals surface area contributed by atoms with Crippen LogP contribution in [0, 0.1) is 11.7 Å². The summed E-state index contributed by atoms with van der Waals surface area (Å²) in [5.74, 6) is 0.495. The Hall–Kier alpha value is -1.54. The first-order chi connectivity index (χ1) is 9.58. The SMILES string of the molecule is CC(C)C(CNc1ccc(Cl)c(F)c1)c1ccccc1. The van der Waals surface area contributed by atoms with Crippen molar-refractivity contribution >= 4 is 17.3 Å². The van der Waals surface area contributed by atoms with Crippen LogP contribution in [0.4, 0.5) is 10.1 Å². The van der Waals surface area contributed by atoms with Crippen LogP contribution in [0.5, 0.6) is 0 Å². The summed E-state index contributed by atoms with van der Waals surface area (Å²) in [4.78, 5) is 0. The second kappa shape index (κ2) is 6.76. The summed E-state index contributed by atoms with van der Waals surface area (Å²) in [6, 6.07) is 15.2. The van der Waals surface area contributed by atoms with Crippen LogP contribution in [0.1, 0.15) is 25.3 Å². The van der Waals surface area contributed by atoms with Gasteiger partial charge in [-0.25, -0.2) is 4.39 Å². The molecule has 20 heavy (non-hydrogen) atoms. The molecule has 2 aromatic carbocycles. The minimum Gasteiger partial charge on any atom is -0.384 e. The number of anilines is 1. The average Bonchev–Trinajstić information content (AvgIpc) is 2.44. The predicted octanol–water partition coefficient (Wildman–Crippen LogP) is 5.33. The number of nitrogens with one attached hydrogen (secondary N) is 1. The van der Waals surface area contributed by atoms with E-state index in [1.54, 1.807) is 12.1 Å². The highest BCUT2D eigenvalue weighted by atomic mass is 35.5. The van der Waals surface area contributed by atoms with Crippen molar-refractivity contribution in [2.24, 2.45) is 5.92 Å². The largest absolute Gasteiger partial charge is 0.384 e. The van der Waals surface area contributed by atoms with Crippen LogP contribution in [-0.2, 0) is 0 Å². The summed E-state index contributed by atoms with van der Waals surface area (Å²) in [5.41, 5.74) is 2.05. The van der Waals surface area contributed by atoms with Crippen LogP contribution in [-0.4, -0.2) is 6.54 Å². The average molecular weight is 292 g/mol. The first-order valence-electron chi connectivity index (χ1n) is 6.82. The van der Waals surface area contributed by atoms with Crippen LogP contribution >= 0.6 is 11.6 Å². The molecule has 0 aliphatic carbocycles. The molecule has 0 amide bonds. The highest BCUT2D eigenvalue weighted by molar-refractivity contribution is 6.30. The molecule has 0 aliphatic rings. The topological polar surface area (TPSA) is 12.0 Å². The number of benzene rings is 2. The first kappa shape index (κ1) is 14.9. The van der Waals surface area contributed by atoms with E-state index in [0.717, 1.165) is 12.2 Å². The van der Waals surface area contributed by atoms with Crippen LogP contribution < -0.4 is 5.32 Å². The van der Waals surface area contributed by atoms with Crippen LogP contribution in [0.3, 0.4) is 0 Å². The van der Waals surface area contributed by atoms with Crippen molar-refractivity contribution in [3.63, 3.8) is 0 Å². The predicted molar refractivity (Wildman–Crippen MR) is 83.9 cm³/mol. The maximum atomic E-state index is 13.4. The van der Waals surface area contributed by atoms with Crippen molar-refractivity contribution in [1.29, 1.82) is 0 Å². The van der Waals surface area contributed by atoms with Crippen LogP contribution in [0.15, 0.2) is 48.5 Å². The fourth-order valence-corrected chi connectivity index (χ4v) is 2.39.